The summed E-state index contributed by atoms with van der Waals surface area (Å²) in [6.07, 6.45) is 4.88. The number of benzene rings is 3. The molecule has 33 heavy (non-hydrogen) atoms. The molecule has 2 heteroatoms. The van der Waals surface area contributed by atoms with Gasteiger partial charge in [-0.1, -0.05) is 113 Å². The van der Waals surface area contributed by atoms with Crippen LogP contribution in [-0.4, -0.2) is 5.71 Å². The summed E-state index contributed by atoms with van der Waals surface area (Å²) in [6.45, 7) is 9.75. The van der Waals surface area contributed by atoms with E-state index in [2.05, 4.69) is 113 Å². The molecule has 2 aliphatic carbocycles. The molecule has 2 bridgehead atoms. The van der Waals surface area contributed by atoms with E-state index in [0.717, 1.165) is 12.3 Å². The quantitative estimate of drug-likeness (QED) is 0.351. The van der Waals surface area contributed by atoms with E-state index in [1.165, 1.54) is 46.5 Å². The molecule has 5 rings (SSSR count). The molecule has 2 fully saturated rings. The lowest BCUT2D eigenvalue weighted by Gasteiger charge is -2.35. The molecule has 1 nitrogen and oxygen atoms in total. The molecule has 2 aliphatic rings. The number of aliphatic imine (C=N–C) groups is 1. The van der Waals surface area contributed by atoms with Gasteiger partial charge in [0.2, 0.25) is 0 Å². The molecule has 3 aromatic carbocycles. The Morgan fingerprint density at radius 2 is 1.42 bits per heavy atom. The Labute approximate surface area is 201 Å². The molecule has 0 amide bonds. The van der Waals surface area contributed by atoms with E-state index >= 15 is 0 Å². The highest BCUT2D eigenvalue weighted by molar-refractivity contribution is 7.79. The van der Waals surface area contributed by atoms with E-state index < -0.39 is 7.92 Å². The number of rotatable bonds is 6. The lowest BCUT2D eigenvalue weighted by atomic mass is 9.70. The first kappa shape index (κ1) is 22.5. The van der Waals surface area contributed by atoms with Crippen LogP contribution >= 0.6 is 7.92 Å². The standard InChI is InChI=1S/C31H36NP/c1-5-27(32-29-22-23-20-21-31(29,4)30(23,2)3)26-18-12-13-19-28(26)33(24-14-8-6-9-15-24)25-16-10-7-11-17-25/h6-19,23,27H,5,20-22H2,1-4H3/t23?,27-,31?/m0/s1. The van der Waals surface area contributed by atoms with E-state index in [1.807, 2.05) is 0 Å². The van der Waals surface area contributed by atoms with Crippen molar-refractivity contribution in [1.29, 1.82) is 0 Å². The van der Waals surface area contributed by atoms with Crippen molar-refractivity contribution in [3.05, 3.63) is 90.5 Å². The zero-order valence-electron chi connectivity index (χ0n) is 20.5. The maximum Gasteiger partial charge on any atom is 0.0752 e. The Balaban J connectivity index is 1.61. The van der Waals surface area contributed by atoms with Crippen LogP contribution < -0.4 is 15.9 Å². The fourth-order valence-corrected chi connectivity index (χ4v) is 8.76. The van der Waals surface area contributed by atoms with E-state index in [-0.39, 0.29) is 11.5 Å². The monoisotopic (exact) mass is 453 g/mol. The molecule has 0 aliphatic heterocycles. The third-order valence-corrected chi connectivity index (χ3v) is 11.3. The van der Waals surface area contributed by atoms with Gasteiger partial charge in [-0.15, -0.1) is 0 Å². The second-order valence-corrected chi connectivity index (χ2v) is 12.7. The van der Waals surface area contributed by atoms with Crippen molar-refractivity contribution in [2.45, 2.75) is 59.4 Å². The highest BCUT2D eigenvalue weighted by Crippen LogP contribution is 2.64. The Morgan fingerprint density at radius 3 is 1.94 bits per heavy atom. The molecule has 0 N–H and O–H groups in total. The van der Waals surface area contributed by atoms with Gasteiger partial charge in [0, 0.05) is 11.1 Å². The zero-order chi connectivity index (χ0) is 23.1. The Bertz CT molecular complexity index is 1090. The summed E-state index contributed by atoms with van der Waals surface area (Å²) in [7, 11) is -0.630. The summed E-state index contributed by atoms with van der Waals surface area (Å²) in [5.41, 5.74) is 3.51. The normalized spacial score (nSPS) is 25.6. The van der Waals surface area contributed by atoms with Crippen LogP contribution in [0, 0.1) is 16.7 Å². The van der Waals surface area contributed by atoms with Crippen molar-refractivity contribution in [3.63, 3.8) is 0 Å². The lowest BCUT2D eigenvalue weighted by molar-refractivity contribution is 0.193. The van der Waals surface area contributed by atoms with Crippen LogP contribution in [-0.2, 0) is 0 Å². The maximum atomic E-state index is 5.57. The summed E-state index contributed by atoms with van der Waals surface area (Å²) in [4.78, 5) is 5.57. The van der Waals surface area contributed by atoms with Crippen LogP contribution in [0.2, 0.25) is 0 Å². The summed E-state index contributed by atoms with van der Waals surface area (Å²) in [6, 6.07) is 31.4. The first-order valence-electron chi connectivity index (χ1n) is 12.5. The summed E-state index contributed by atoms with van der Waals surface area (Å²) < 4.78 is 0. The van der Waals surface area contributed by atoms with Gasteiger partial charge in [-0.3, -0.25) is 4.99 Å². The van der Waals surface area contributed by atoms with E-state index in [1.54, 1.807) is 0 Å². The Morgan fingerprint density at radius 1 is 0.848 bits per heavy atom. The van der Waals surface area contributed by atoms with Crippen molar-refractivity contribution in [3.8, 4) is 0 Å². The number of nitrogens with zero attached hydrogens (tertiary/aromatic N) is 1. The number of hydrogen-bond acceptors (Lipinski definition) is 1. The molecule has 2 unspecified atom stereocenters. The minimum Gasteiger partial charge on any atom is -0.285 e. The van der Waals surface area contributed by atoms with Gasteiger partial charge >= 0.3 is 0 Å². The first-order chi connectivity index (χ1) is 16.0. The molecule has 3 aromatic rings. The zero-order valence-corrected chi connectivity index (χ0v) is 21.4. The third-order valence-electron chi connectivity index (χ3n) is 8.78. The van der Waals surface area contributed by atoms with Crippen LogP contribution in [0.3, 0.4) is 0 Å². The van der Waals surface area contributed by atoms with Crippen molar-refractivity contribution in [2.24, 2.45) is 21.7 Å². The van der Waals surface area contributed by atoms with Crippen LogP contribution in [0.4, 0.5) is 0 Å². The Kier molecular flexibility index (Phi) is 6.04. The highest BCUT2D eigenvalue weighted by Gasteiger charge is 2.59. The van der Waals surface area contributed by atoms with Crippen molar-refractivity contribution >= 4 is 29.5 Å². The average molecular weight is 454 g/mol. The van der Waals surface area contributed by atoms with Crippen molar-refractivity contribution in [1.82, 2.24) is 0 Å². The lowest BCUT2D eigenvalue weighted by Crippen LogP contribution is -2.33. The van der Waals surface area contributed by atoms with Gasteiger partial charge in [0.25, 0.3) is 0 Å². The van der Waals surface area contributed by atoms with Crippen LogP contribution in [0.1, 0.15) is 65.0 Å². The molecule has 0 radical (unpaired) electrons. The molecule has 0 spiro atoms. The first-order valence-corrected chi connectivity index (χ1v) is 13.9. The predicted molar refractivity (Wildman–Crippen MR) is 145 cm³/mol. The molecular formula is C31H36NP. The smallest absolute Gasteiger partial charge is 0.0752 e. The average Bonchev–Trinajstić information content (AvgIpc) is 3.18. The van der Waals surface area contributed by atoms with E-state index in [0.29, 0.717) is 5.41 Å². The molecule has 0 heterocycles. The fourth-order valence-electron chi connectivity index (χ4n) is 6.25. The van der Waals surface area contributed by atoms with Gasteiger partial charge in [-0.2, -0.15) is 0 Å². The second-order valence-electron chi connectivity index (χ2n) is 10.6. The summed E-state index contributed by atoms with van der Waals surface area (Å²) >= 11 is 0. The van der Waals surface area contributed by atoms with Gasteiger partial charge in [0.05, 0.1) is 6.04 Å². The van der Waals surface area contributed by atoms with E-state index in [4.69, 9.17) is 4.99 Å². The SMILES string of the molecule is CC[C@H](N=C1CC2CCC1(C)C2(C)C)c1ccccc1P(c1ccccc1)c1ccccc1. The van der Waals surface area contributed by atoms with Gasteiger partial charge < -0.3 is 0 Å². The molecule has 2 saturated carbocycles. The van der Waals surface area contributed by atoms with Crippen LogP contribution in [0.25, 0.3) is 0 Å². The highest BCUT2D eigenvalue weighted by atomic mass is 31.1. The molecular weight excluding hydrogens is 417 g/mol. The van der Waals surface area contributed by atoms with Gasteiger partial charge in [0.1, 0.15) is 0 Å². The van der Waals surface area contributed by atoms with Crippen molar-refractivity contribution < 1.29 is 0 Å². The van der Waals surface area contributed by atoms with Gasteiger partial charge in [0.15, 0.2) is 0 Å². The van der Waals surface area contributed by atoms with Crippen LogP contribution in [0.15, 0.2) is 89.9 Å². The number of hydrogen-bond donors (Lipinski definition) is 0. The molecule has 0 aromatic heterocycles. The fraction of sp³-hybridized carbons (Fsp3) is 0.387. The molecule has 3 atom stereocenters. The topological polar surface area (TPSA) is 12.4 Å². The van der Waals surface area contributed by atoms with E-state index in [9.17, 15) is 0 Å². The third kappa shape index (κ3) is 3.79. The molecule has 0 saturated heterocycles. The molecule has 170 valence electrons. The van der Waals surface area contributed by atoms with Crippen molar-refractivity contribution in [2.75, 3.05) is 0 Å². The van der Waals surface area contributed by atoms with Gasteiger partial charge in [-0.05, 0) is 66.4 Å². The minimum atomic E-state index is -0.630. The van der Waals surface area contributed by atoms with Gasteiger partial charge in [-0.25, -0.2) is 0 Å². The summed E-state index contributed by atoms with van der Waals surface area (Å²) in [5, 5.41) is 4.26. The minimum absolute atomic E-state index is 0.223. The number of fused-ring (bicyclic) bond motifs is 2. The summed E-state index contributed by atoms with van der Waals surface area (Å²) in [5.74, 6) is 0.791. The predicted octanol–water partition coefficient (Wildman–Crippen LogP) is 7.18. The Hall–Kier alpha value is -2.24. The largest absolute Gasteiger partial charge is 0.285 e. The second kappa shape index (κ2) is 8.84. The van der Waals surface area contributed by atoms with Crippen LogP contribution in [0.5, 0.6) is 0 Å². The maximum absolute atomic E-state index is 5.57.